The van der Waals surface area contributed by atoms with Crippen LogP contribution in [0.1, 0.15) is 41.1 Å². The maximum absolute atomic E-state index is 14.9. The molecule has 1 aliphatic carbocycles. The third kappa shape index (κ3) is 3.17. The van der Waals surface area contributed by atoms with Crippen molar-refractivity contribution in [3.8, 4) is 0 Å². The van der Waals surface area contributed by atoms with Gasteiger partial charge in [0.1, 0.15) is 5.67 Å². The van der Waals surface area contributed by atoms with E-state index in [0.717, 1.165) is 16.8 Å². The number of para-hydroxylation sites is 1. The summed E-state index contributed by atoms with van der Waals surface area (Å²) in [6.45, 7) is 2.05. The summed E-state index contributed by atoms with van der Waals surface area (Å²) in [7, 11) is 0. The van der Waals surface area contributed by atoms with E-state index >= 15 is 0 Å². The SMILES string of the molecule is Cc1cccc(C2(F)CC2)c1NC(c1ccccc1)c1ccccc1. The number of alkyl halides is 1. The summed E-state index contributed by atoms with van der Waals surface area (Å²) in [5.74, 6) is 0. The fourth-order valence-corrected chi connectivity index (χ4v) is 3.41. The summed E-state index contributed by atoms with van der Waals surface area (Å²) in [6.07, 6.45) is 1.24. The quantitative estimate of drug-likeness (QED) is 0.591. The zero-order valence-corrected chi connectivity index (χ0v) is 14.4. The first-order valence-electron chi connectivity index (χ1n) is 8.83. The van der Waals surface area contributed by atoms with Crippen LogP contribution in [0.5, 0.6) is 0 Å². The van der Waals surface area contributed by atoms with Crippen LogP contribution >= 0.6 is 0 Å². The fourth-order valence-electron chi connectivity index (χ4n) is 3.41. The Morgan fingerprint density at radius 3 is 1.88 bits per heavy atom. The van der Waals surface area contributed by atoms with Gasteiger partial charge in [-0.1, -0.05) is 78.9 Å². The number of rotatable bonds is 5. The van der Waals surface area contributed by atoms with Gasteiger partial charge in [0.2, 0.25) is 0 Å². The Balaban J connectivity index is 1.78. The molecule has 0 radical (unpaired) electrons. The zero-order chi connectivity index (χ0) is 17.3. The van der Waals surface area contributed by atoms with Crippen LogP contribution < -0.4 is 5.32 Å². The van der Waals surface area contributed by atoms with Crippen LogP contribution in [0.2, 0.25) is 0 Å². The van der Waals surface area contributed by atoms with Crippen LogP contribution in [0.15, 0.2) is 78.9 Å². The fraction of sp³-hybridized carbons (Fsp3) is 0.217. The van der Waals surface area contributed by atoms with Crippen molar-refractivity contribution in [2.24, 2.45) is 0 Å². The number of benzene rings is 3. The second-order valence-electron chi connectivity index (χ2n) is 6.86. The summed E-state index contributed by atoms with van der Waals surface area (Å²) in [4.78, 5) is 0. The Bertz CT molecular complexity index is 814. The van der Waals surface area contributed by atoms with Gasteiger partial charge in [-0.05, 0) is 36.5 Å². The van der Waals surface area contributed by atoms with Crippen molar-refractivity contribution in [3.63, 3.8) is 0 Å². The number of hydrogen-bond acceptors (Lipinski definition) is 1. The average molecular weight is 331 g/mol. The molecule has 1 aliphatic rings. The van der Waals surface area contributed by atoms with E-state index in [2.05, 4.69) is 29.6 Å². The van der Waals surface area contributed by atoms with Crippen molar-refractivity contribution in [1.82, 2.24) is 0 Å². The maximum atomic E-state index is 14.9. The number of anilines is 1. The smallest absolute Gasteiger partial charge is 0.138 e. The normalized spacial score (nSPS) is 15.2. The average Bonchev–Trinajstić information content (AvgIpc) is 3.40. The molecule has 0 saturated heterocycles. The number of hydrogen-bond donors (Lipinski definition) is 1. The summed E-state index contributed by atoms with van der Waals surface area (Å²) in [5.41, 5.74) is 3.99. The highest BCUT2D eigenvalue weighted by Gasteiger charge is 2.46. The van der Waals surface area contributed by atoms with Gasteiger partial charge in [0, 0.05) is 11.3 Å². The second-order valence-corrected chi connectivity index (χ2v) is 6.86. The Hall–Kier alpha value is -2.61. The van der Waals surface area contributed by atoms with Gasteiger partial charge < -0.3 is 5.32 Å². The van der Waals surface area contributed by atoms with E-state index in [1.54, 1.807) is 0 Å². The van der Waals surface area contributed by atoms with Crippen molar-refractivity contribution >= 4 is 5.69 Å². The van der Waals surface area contributed by atoms with Gasteiger partial charge in [0.05, 0.1) is 6.04 Å². The Kier molecular flexibility index (Phi) is 4.04. The molecule has 0 aromatic heterocycles. The molecule has 3 aromatic carbocycles. The van der Waals surface area contributed by atoms with E-state index in [4.69, 9.17) is 0 Å². The van der Waals surface area contributed by atoms with Gasteiger partial charge in [-0.15, -0.1) is 0 Å². The molecule has 25 heavy (non-hydrogen) atoms. The molecule has 0 bridgehead atoms. The van der Waals surface area contributed by atoms with Crippen molar-refractivity contribution in [2.75, 3.05) is 5.32 Å². The third-order valence-electron chi connectivity index (χ3n) is 5.00. The largest absolute Gasteiger partial charge is 0.374 e. The molecule has 0 heterocycles. The minimum absolute atomic E-state index is 0.00963. The minimum Gasteiger partial charge on any atom is -0.374 e. The zero-order valence-electron chi connectivity index (χ0n) is 14.4. The Morgan fingerprint density at radius 2 is 1.36 bits per heavy atom. The monoisotopic (exact) mass is 331 g/mol. The van der Waals surface area contributed by atoms with Gasteiger partial charge in [-0.3, -0.25) is 0 Å². The van der Waals surface area contributed by atoms with E-state index < -0.39 is 5.67 Å². The first kappa shape index (κ1) is 15.9. The predicted molar refractivity (Wildman–Crippen MR) is 102 cm³/mol. The van der Waals surface area contributed by atoms with Gasteiger partial charge in [0.25, 0.3) is 0 Å². The van der Waals surface area contributed by atoms with Crippen LogP contribution in [0, 0.1) is 6.92 Å². The van der Waals surface area contributed by atoms with Crippen molar-refractivity contribution < 1.29 is 4.39 Å². The molecule has 0 atom stereocenters. The first-order valence-corrected chi connectivity index (χ1v) is 8.83. The second kappa shape index (κ2) is 6.36. The summed E-state index contributed by atoms with van der Waals surface area (Å²) >= 11 is 0. The first-order chi connectivity index (χ1) is 12.2. The van der Waals surface area contributed by atoms with Crippen LogP contribution in [-0.4, -0.2) is 0 Å². The molecular formula is C23H22FN. The lowest BCUT2D eigenvalue weighted by molar-refractivity contribution is 0.318. The lowest BCUT2D eigenvalue weighted by atomic mass is 9.96. The molecule has 3 aromatic rings. The highest BCUT2D eigenvalue weighted by molar-refractivity contribution is 5.63. The van der Waals surface area contributed by atoms with E-state index in [-0.39, 0.29) is 6.04 Å². The molecule has 4 rings (SSSR count). The lowest BCUT2D eigenvalue weighted by Gasteiger charge is -2.25. The lowest BCUT2D eigenvalue weighted by Crippen LogP contribution is -2.16. The maximum Gasteiger partial charge on any atom is 0.138 e. The molecule has 0 aliphatic heterocycles. The van der Waals surface area contributed by atoms with Crippen LogP contribution in [0.25, 0.3) is 0 Å². The molecule has 1 N–H and O–H groups in total. The predicted octanol–water partition coefficient (Wildman–Crippen LogP) is 6.16. The van der Waals surface area contributed by atoms with Crippen molar-refractivity contribution in [1.29, 1.82) is 0 Å². The topological polar surface area (TPSA) is 12.0 Å². The van der Waals surface area contributed by atoms with Gasteiger partial charge in [-0.25, -0.2) is 4.39 Å². The molecular weight excluding hydrogens is 309 g/mol. The molecule has 0 spiro atoms. The Morgan fingerprint density at radius 1 is 0.800 bits per heavy atom. The van der Waals surface area contributed by atoms with Crippen LogP contribution in [0.3, 0.4) is 0 Å². The van der Waals surface area contributed by atoms with Gasteiger partial charge >= 0.3 is 0 Å². The van der Waals surface area contributed by atoms with Crippen molar-refractivity contribution in [3.05, 3.63) is 101 Å². The summed E-state index contributed by atoms with van der Waals surface area (Å²) in [6, 6.07) is 26.6. The highest BCUT2D eigenvalue weighted by Crippen LogP contribution is 2.53. The molecule has 1 nitrogen and oxygen atoms in total. The van der Waals surface area contributed by atoms with Gasteiger partial charge in [0.15, 0.2) is 0 Å². The number of nitrogens with one attached hydrogen (secondary N) is 1. The number of aryl methyl sites for hydroxylation is 1. The third-order valence-corrected chi connectivity index (χ3v) is 5.00. The molecule has 1 saturated carbocycles. The Labute approximate surface area is 148 Å². The van der Waals surface area contributed by atoms with E-state index in [9.17, 15) is 4.39 Å². The van der Waals surface area contributed by atoms with Crippen LogP contribution in [0.4, 0.5) is 10.1 Å². The van der Waals surface area contributed by atoms with Crippen LogP contribution in [-0.2, 0) is 5.67 Å². The van der Waals surface area contributed by atoms with Crippen molar-refractivity contribution in [2.45, 2.75) is 31.5 Å². The van der Waals surface area contributed by atoms with E-state index in [1.165, 1.54) is 11.1 Å². The van der Waals surface area contributed by atoms with E-state index in [0.29, 0.717) is 12.8 Å². The molecule has 2 heteroatoms. The molecule has 1 fully saturated rings. The van der Waals surface area contributed by atoms with E-state index in [1.807, 2.05) is 61.5 Å². The minimum atomic E-state index is -1.16. The molecule has 126 valence electrons. The molecule has 0 unspecified atom stereocenters. The standard InChI is InChI=1S/C23H22FN/c1-17-9-8-14-20(23(24)15-16-23)21(17)25-22(18-10-4-2-5-11-18)19-12-6-3-7-13-19/h2-14,22,25H,15-16H2,1H3. The molecule has 0 amide bonds. The summed E-state index contributed by atoms with van der Waals surface area (Å²) < 4.78 is 14.9. The highest BCUT2D eigenvalue weighted by atomic mass is 19.1. The summed E-state index contributed by atoms with van der Waals surface area (Å²) in [5, 5.41) is 3.66. The number of halogens is 1. The van der Waals surface area contributed by atoms with Gasteiger partial charge in [-0.2, -0.15) is 0 Å².